The highest BCUT2D eigenvalue weighted by Crippen LogP contribution is 2.32. The van der Waals surface area contributed by atoms with Crippen molar-refractivity contribution < 1.29 is 0 Å². The molecule has 0 aromatic carbocycles. The average molecular weight is 170 g/mol. The molecule has 2 aliphatic heterocycles. The fourth-order valence-electron chi connectivity index (χ4n) is 1.52. The SMILES string of the molecule is CC(C)C1=NC2CNCC2S1. The maximum Gasteiger partial charge on any atom is 0.0768 e. The summed E-state index contributed by atoms with van der Waals surface area (Å²) in [5, 5.41) is 5.46. The predicted molar refractivity (Wildman–Crippen MR) is 50.3 cm³/mol. The molecule has 0 radical (unpaired) electrons. The van der Waals surface area contributed by atoms with E-state index in [9.17, 15) is 0 Å². The first-order chi connectivity index (χ1) is 5.27. The van der Waals surface area contributed by atoms with Gasteiger partial charge in [0.1, 0.15) is 0 Å². The summed E-state index contributed by atoms with van der Waals surface area (Å²) in [5.74, 6) is 0.630. The minimum Gasteiger partial charge on any atom is -0.313 e. The number of hydrogen-bond donors (Lipinski definition) is 1. The second kappa shape index (κ2) is 2.79. The molecule has 0 bridgehead atoms. The van der Waals surface area contributed by atoms with Crippen LogP contribution >= 0.6 is 11.8 Å². The molecule has 2 atom stereocenters. The third-order valence-corrected chi connectivity index (χ3v) is 3.79. The molecule has 1 saturated heterocycles. The lowest BCUT2D eigenvalue weighted by Crippen LogP contribution is -2.12. The molecule has 2 rings (SSSR count). The van der Waals surface area contributed by atoms with Gasteiger partial charge in [-0.15, -0.1) is 11.8 Å². The summed E-state index contributed by atoms with van der Waals surface area (Å²) in [4.78, 5) is 4.67. The Hall–Kier alpha value is -0.0200. The van der Waals surface area contributed by atoms with Crippen LogP contribution in [-0.4, -0.2) is 29.4 Å². The van der Waals surface area contributed by atoms with Gasteiger partial charge in [-0.2, -0.15) is 0 Å². The normalized spacial score (nSPS) is 36.1. The molecule has 0 aromatic heterocycles. The number of nitrogens with zero attached hydrogens (tertiary/aromatic N) is 1. The molecule has 11 heavy (non-hydrogen) atoms. The first kappa shape index (κ1) is 7.62. The zero-order chi connectivity index (χ0) is 7.84. The quantitative estimate of drug-likeness (QED) is 0.638. The van der Waals surface area contributed by atoms with Gasteiger partial charge in [0.05, 0.1) is 11.1 Å². The minimum atomic E-state index is 0.581. The Labute approximate surface area is 71.9 Å². The number of nitrogens with one attached hydrogen (secondary N) is 1. The van der Waals surface area contributed by atoms with Gasteiger partial charge in [-0.05, 0) is 0 Å². The van der Waals surface area contributed by atoms with Crippen LogP contribution in [0.25, 0.3) is 0 Å². The third-order valence-electron chi connectivity index (χ3n) is 2.19. The van der Waals surface area contributed by atoms with Gasteiger partial charge >= 0.3 is 0 Å². The highest BCUT2D eigenvalue weighted by Gasteiger charge is 2.34. The van der Waals surface area contributed by atoms with Gasteiger partial charge in [0.15, 0.2) is 0 Å². The number of rotatable bonds is 1. The van der Waals surface area contributed by atoms with E-state index in [1.54, 1.807) is 0 Å². The Balaban J connectivity index is 2.07. The lowest BCUT2D eigenvalue weighted by molar-refractivity contribution is 0.755. The molecule has 0 saturated carbocycles. The number of hydrogen-bond acceptors (Lipinski definition) is 3. The molecule has 2 unspecified atom stereocenters. The molecule has 1 N–H and O–H groups in total. The van der Waals surface area contributed by atoms with Gasteiger partial charge in [0.25, 0.3) is 0 Å². The van der Waals surface area contributed by atoms with Crippen LogP contribution in [0.5, 0.6) is 0 Å². The fraction of sp³-hybridized carbons (Fsp3) is 0.875. The van der Waals surface area contributed by atoms with Crippen molar-refractivity contribution in [1.29, 1.82) is 0 Å². The van der Waals surface area contributed by atoms with Crippen molar-refractivity contribution in [1.82, 2.24) is 5.32 Å². The van der Waals surface area contributed by atoms with E-state index in [0.29, 0.717) is 12.0 Å². The average Bonchev–Trinajstić information content (AvgIpc) is 2.40. The topological polar surface area (TPSA) is 24.4 Å². The third kappa shape index (κ3) is 1.32. The van der Waals surface area contributed by atoms with Gasteiger partial charge in [0, 0.05) is 24.3 Å². The highest BCUT2D eigenvalue weighted by molar-refractivity contribution is 8.14. The molecule has 62 valence electrons. The summed E-state index contributed by atoms with van der Waals surface area (Å²) in [6, 6.07) is 0.581. The summed E-state index contributed by atoms with van der Waals surface area (Å²) >= 11 is 1.98. The molecular formula is C8H14N2S. The smallest absolute Gasteiger partial charge is 0.0768 e. The first-order valence-corrected chi connectivity index (χ1v) is 5.10. The molecular weight excluding hydrogens is 156 g/mol. The molecule has 2 nitrogen and oxygen atoms in total. The van der Waals surface area contributed by atoms with Crippen molar-refractivity contribution >= 4 is 16.8 Å². The van der Waals surface area contributed by atoms with Crippen molar-refractivity contribution in [3.05, 3.63) is 0 Å². The monoisotopic (exact) mass is 170 g/mol. The minimum absolute atomic E-state index is 0.581. The molecule has 3 heteroatoms. The molecule has 0 amide bonds. The van der Waals surface area contributed by atoms with Crippen LogP contribution in [0.1, 0.15) is 13.8 Å². The van der Waals surface area contributed by atoms with Gasteiger partial charge < -0.3 is 5.32 Å². The largest absolute Gasteiger partial charge is 0.313 e. The zero-order valence-electron chi connectivity index (χ0n) is 7.00. The van der Waals surface area contributed by atoms with E-state index >= 15 is 0 Å². The van der Waals surface area contributed by atoms with Gasteiger partial charge in [0.2, 0.25) is 0 Å². The lowest BCUT2D eigenvalue weighted by Gasteiger charge is -2.04. The first-order valence-electron chi connectivity index (χ1n) is 4.22. The Morgan fingerprint density at radius 2 is 2.36 bits per heavy atom. The number of thioether (sulfide) groups is 1. The second-order valence-electron chi connectivity index (χ2n) is 3.50. The van der Waals surface area contributed by atoms with Gasteiger partial charge in [-0.25, -0.2) is 0 Å². The Morgan fingerprint density at radius 3 is 3.00 bits per heavy atom. The maximum absolute atomic E-state index is 4.67. The van der Waals surface area contributed by atoms with Gasteiger partial charge in [-0.1, -0.05) is 13.8 Å². The van der Waals surface area contributed by atoms with E-state index in [1.807, 2.05) is 11.8 Å². The van der Waals surface area contributed by atoms with Crippen molar-refractivity contribution in [2.45, 2.75) is 25.1 Å². The van der Waals surface area contributed by atoms with E-state index in [2.05, 4.69) is 24.2 Å². The van der Waals surface area contributed by atoms with E-state index in [0.717, 1.165) is 18.3 Å². The molecule has 0 spiro atoms. The summed E-state index contributed by atoms with van der Waals surface area (Å²) in [6.07, 6.45) is 0. The Kier molecular flexibility index (Phi) is 1.93. The van der Waals surface area contributed by atoms with E-state index in [-0.39, 0.29) is 0 Å². The molecule has 0 aliphatic carbocycles. The summed E-state index contributed by atoms with van der Waals surface area (Å²) in [7, 11) is 0. The summed E-state index contributed by atoms with van der Waals surface area (Å²) in [6.45, 7) is 6.68. The Morgan fingerprint density at radius 1 is 1.55 bits per heavy atom. The summed E-state index contributed by atoms with van der Waals surface area (Å²) < 4.78 is 0. The summed E-state index contributed by atoms with van der Waals surface area (Å²) in [5.41, 5.74) is 0. The van der Waals surface area contributed by atoms with Crippen LogP contribution in [0.2, 0.25) is 0 Å². The Bertz CT molecular complexity index is 189. The van der Waals surface area contributed by atoms with E-state index in [1.165, 1.54) is 5.04 Å². The van der Waals surface area contributed by atoms with Crippen LogP contribution in [0, 0.1) is 5.92 Å². The molecule has 1 fully saturated rings. The highest BCUT2D eigenvalue weighted by atomic mass is 32.2. The van der Waals surface area contributed by atoms with Crippen LogP contribution in [0.3, 0.4) is 0 Å². The molecule has 2 heterocycles. The van der Waals surface area contributed by atoms with E-state index in [4.69, 9.17) is 0 Å². The van der Waals surface area contributed by atoms with Crippen LogP contribution < -0.4 is 5.32 Å². The molecule has 2 aliphatic rings. The van der Waals surface area contributed by atoms with Crippen LogP contribution in [0.4, 0.5) is 0 Å². The number of aliphatic imine (C=N–C) groups is 1. The lowest BCUT2D eigenvalue weighted by atomic mass is 10.2. The predicted octanol–water partition coefficient (Wildman–Crippen LogP) is 1.13. The van der Waals surface area contributed by atoms with Crippen molar-refractivity contribution in [3.8, 4) is 0 Å². The van der Waals surface area contributed by atoms with Crippen LogP contribution in [0.15, 0.2) is 4.99 Å². The fourth-order valence-corrected chi connectivity index (χ4v) is 2.82. The molecule has 0 aromatic rings. The van der Waals surface area contributed by atoms with Crippen LogP contribution in [-0.2, 0) is 0 Å². The van der Waals surface area contributed by atoms with Crippen molar-refractivity contribution in [2.24, 2.45) is 10.9 Å². The standard InChI is InChI=1S/C8H14N2S/c1-5(2)8-10-6-3-9-4-7(6)11-8/h5-7,9H,3-4H2,1-2H3. The zero-order valence-corrected chi connectivity index (χ0v) is 7.82. The second-order valence-corrected chi connectivity index (χ2v) is 4.76. The van der Waals surface area contributed by atoms with Crippen molar-refractivity contribution in [2.75, 3.05) is 13.1 Å². The maximum atomic E-state index is 4.67. The van der Waals surface area contributed by atoms with Crippen molar-refractivity contribution in [3.63, 3.8) is 0 Å². The van der Waals surface area contributed by atoms with E-state index < -0.39 is 0 Å². The van der Waals surface area contributed by atoms with Gasteiger partial charge in [-0.3, -0.25) is 4.99 Å². The number of fused-ring (bicyclic) bond motifs is 1.